The van der Waals surface area contributed by atoms with Crippen molar-refractivity contribution in [2.45, 2.75) is 56.9 Å². The number of carbonyl (C=O) groups excluding carboxylic acids is 1. The third kappa shape index (κ3) is 5.22. The highest BCUT2D eigenvalue weighted by Crippen LogP contribution is 2.37. The number of hydrogen-bond donors (Lipinski definition) is 0. The van der Waals surface area contributed by atoms with Crippen molar-refractivity contribution in [1.82, 2.24) is 4.90 Å². The van der Waals surface area contributed by atoms with Crippen molar-refractivity contribution in [3.63, 3.8) is 0 Å². The summed E-state index contributed by atoms with van der Waals surface area (Å²) in [6.07, 6.45) is 0.496. The molecule has 1 aromatic carbocycles. The Balaban J connectivity index is 1.92. The lowest BCUT2D eigenvalue weighted by atomic mass is 9.91. The largest absolute Gasteiger partial charge is 0.416 e. The molecule has 1 amide bonds. The fourth-order valence-electron chi connectivity index (χ4n) is 3.85. The third-order valence-corrected chi connectivity index (χ3v) is 5.32. The van der Waals surface area contributed by atoms with Crippen molar-refractivity contribution in [3.05, 3.63) is 58.7 Å². The number of nitrogens with zero attached hydrogens (tertiary/aromatic N) is 1. The third-order valence-electron chi connectivity index (χ3n) is 5.32. The van der Waals surface area contributed by atoms with Gasteiger partial charge in [0.1, 0.15) is 0 Å². The molecule has 0 N–H and O–H groups in total. The Morgan fingerprint density at radius 1 is 1.00 bits per heavy atom. The minimum absolute atomic E-state index is 0.0453. The van der Waals surface area contributed by atoms with Crippen LogP contribution in [0.15, 0.2) is 42.0 Å². The molecule has 8 heteroatoms. The van der Waals surface area contributed by atoms with Gasteiger partial charge in [0, 0.05) is 18.2 Å². The molecule has 0 aromatic heterocycles. The number of likely N-dealkylation sites (tertiary alicyclic amines) is 1. The van der Waals surface area contributed by atoms with Gasteiger partial charge >= 0.3 is 12.4 Å². The van der Waals surface area contributed by atoms with Gasteiger partial charge in [0.05, 0.1) is 11.1 Å². The Bertz CT molecular complexity index is 789. The van der Waals surface area contributed by atoms with Gasteiger partial charge in [-0.1, -0.05) is 23.8 Å². The molecule has 1 aliphatic carbocycles. The van der Waals surface area contributed by atoms with E-state index >= 15 is 0 Å². The maximum atomic E-state index is 13.1. The molecule has 1 aliphatic heterocycles. The molecule has 2 nitrogen and oxygen atoms in total. The molecule has 3 rings (SSSR count). The predicted octanol–water partition coefficient (Wildman–Crippen LogP) is 6.39. The number of carbonyl (C=O) groups is 1. The van der Waals surface area contributed by atoms with Gasteiger partial charge in [-0.05, 0) is 56.7 Å². The van der Waals surface area contributed by atoms with Gasteiger partial charge in [0.2, 0.25) is 0 Å². The van der Waals surface area contributed by atoms with Crippen molar-refractivity contribution < 1.29 is 31.1 Å². The number of benzene rings is 1. The van der Waals surface area contributed by atoms with E-state index in [1.165, 1.54) is 4.90 Å². The number of amides is 1. The van der Waals surface area contributed by atoms with Crippen LogP contribution in [0.4, 0.5) is 26.3 Å². The first-order valence-electron chi connectivity index (χ1n) is 9.51. The molecule has 0 bridgehead atoms. The summed E-state index contributed by atoms with van der Waals surface area (Å²) in [6, 6.07) is 0.860. The molecular weight excluding hydrogens is 396 g/mol. The molecule has 1 fully saturated rings. The second kappa shape index (κ2) is 8.24. The predicted molar refractivity (Wildman–Crippen MR) is 96.2 cm³/mol. The topological polar surface area (TPSA) is 20.3 Å². The maximum absolute atomic E-state index is 13.1. The van der Waals surface area contributed by atoms with Crippen LogP contribution in [-0.2, 0) is 12.4 Å². The van der Waals surface area contributed by atoms with Crippen molar-refractivity contribution >= 4 is 5.91 Å². The van der Waals surface area contributed by atoms with E-state index in [0.717, 1.165) is 24.8 Å². The zero-order valence-electron chi connectivity index (χ0n) is 15.6. The standard InChI is InChI=1S/C21H21F6NO/c22-20(23,24)16-11-15(12-17(13-16)21(25,26)27)19(29)28-9-5-4-8-18(28)10-14-6-2-1-3-7-14/h1-2,6,11-13,18H,3-5,7-10H2/t18-/m0/s1. The molecule has 1 atom stereocenters. The molecule has 0 radical (unpaired) electrons. The average molecular weight is 417 g/mol. The summed E-state index contributed by atoms with van der Waals surface area (Å²) in [4.78, 5) is 14.4. The molecule has 1 saturated heterocycles. The fraction of sp³-hybridized carbons (Fsp3) is 0.476. The highest BCUT2D eigenvalue weighted by atomic mass is 19.4. The van der Waals surface area contributed by atoms with Gasteiger partial charge in [0.15, 0.2) is 0 Å². The Morgan fingerprint density at radius 2 is 1.66 bits per heavy atom. The quantitative estimate of drug-likeness (QED) is 0.522. The van der Waals surface area contributed by atoms with E-state index in [1.54, 1.807) is 0 Å². The van der Waals surface area contributed by atoms with Crippen LogP contribution >= 0.6 is 0 Å². The Morgan fingerprint density at radius 3 is 2.21 bits per heavy atom. The highest BCUT2D eigenvalue weighted by Gasteiger charge is 2.38. The van der Waals surface area contributed by atoms with E-state index in [-0.39, 0.29) is 12.1 Å². The van der Waals surface area contributed by atoms with E-state index in [4.69, 9.17) is 0 Å². The number of allylic oxidation sites excluding steroid dienone is 3. The SMILES string of the molecule is O=C(c1cc(C(F)(F)F)cc(C(F)(F)F)c1)N1CCCC[C@H]1CC1=CC=CCC1. The van der Waals surface area contributed by atoms with E-state index in [0.29, 0.717) is 37.9 Å². The molecule has 1 aromatic rings. The highest BCUT2D eigenvalue weighted by molar-refractivity contribution is 5.95. The van der Waals surface area contributed by atoms with Crippen LogP contribution in [0.2, 0.25) is 0 Å². The van der Waals surface area contributed by atoms with Gasteiger partial charge in [-0.15, -0.1) is 0 Å². The molecule has 2 aliphatic rings. The van der Waals surface area contributed by atoms with E-state index in [1.807, 2.05) is 18.2 Å². The first kappa shape index (κ1) is 21.5. The van der Waals surface area contributed by atoms with Crippen molar-refractivity contribution in [1.29, 1.82) is 0 Å². The van der Waals surface area contributed by atoms with E-state index < -0.39 is 35.0 Å². The fourth-order valence-corrected chi connectivity index (χ4v) is 3.85. The summed E-state index contributed by atoms with van der Waals surface area (Å²) >= 11 is 0. The lowest BCUT2D eigenvalue weighted by molar-refractivity contribution is -0.143. The van der Waals surface area contributed by atoms with Gasteiger partial charge in [-0.25, -0.2) is 0 Å². The second-order valence-electron chi connectivity index (χ2n) is 7.44. The Labute approximate surface area is 164 Å². The molecule has 1 heterocycles. The summed E-state index contributed by atoms with van der Waals surface area (Å²) in [5, 5.41) is 0. The number of rotatable bonds is 3. The smallest absolute Gasteiger partial charge is 0.335 e. The number of halogens is 6. The minimum atomic E-state index is -4.98. The Kier molecular flexibility index (Phi) is 6.10. The first-order chi connectivity index (χ1) is 13.6. The van der Waals surface area contributed by atoms with Crippen molar-refractivity contribution in [2.24, 2.45) is 0 Å². The number of alkyl halides is 6. The second-order valence-corrected chi connectivity index (χ2v) is 7.44. The van der Waals surface area contributed by atoms with Gasteiger partial charge in [-0.3, -0.25) is 4.79 Å². The van der Waals surface area contributed by atoms with Crippen LogP contribution in [0.1, 0.15) is 60.0 Å². The van der Waals surface area contributed by atoms with E-state index in [2.05, 4.69) is 0 Å². The molecule has 0 spiro atoms. The van der Waals surface area contributed by atoms with Crippen LogP contribution in [0.3, 0.4) is 0 Å². The van der Waals surface area contributed by atoms with Crippen LogP contribution in [0, 0.1) is 0 Å². The monoisotopic (exact) mass is 417 g/mol. The molecule has 0 unspecified atom stereocenters. The number of piperidine rings is 1. The summed E-state index contributed by atoms with van der Waals surface area (Å²) in [5.74, 6) is -0.779. The van der Waals surface area contributed by atoms with Gasteiger partial charge < -0.3 is 4.90 Å². The van der Waals surface area contributed by atoms with Crippen molar-refractivity contribution in [2.75, 3.05) is 6.54 Å². The molecule has 158 valence electrons. The zero-order chi connectivity index (χ0) is 21.2. The maximum Gasteiger partial charge on any atom is 0.416 e. The lowest BCUT2D eigenvalue weighted by Gasteiger charge is -2.37. The average Bonchev–Trinajstić information content (AvgIpc) is 2.67. The van der Waals surface area contributed by atoms with Gasteiger partial charge in [0.25, 0.3) is 5.91 Å². The summed E-state index contributed by atoms with van der Waals surface area (Å²) < 4.78 is 78.7. The zero-order valence-corrected chi connectivity index (χ0v) is 15.6. The lowest BCUT2D eigenvalue weighted by Crippen LogP contribution is -2.44. The minimum Gasteiger partial charge on any atom is -0.335 e. The van der Waals surface area contributed by atoms with Crippen LogP contribution in [0.25, 0.3) is 0 Å². The number of hydrogen-bond acceptors (Lipinski definition) is 1. The summed E-state index contributed by atoms with van der Waals surface area (Å²) in [7, 11) is 0. The summed E-state index contributed by atoms with van der Waals surface area (Å²) in [5.41, 5.74) is -2.37. The van der Waals surface area contributed by atoms with Crippen LogP contribution < -0.4 is 0 Å². The van der Waals surface area contributed by atoms with E-state index in [9.17, 15) is 31.1 Å². The van der Waals surface area contributed by atoms with Crippen LogP contribution in [0.5, 0.6) is 0 Å². The molecule has 0 saturated carbocycles. The van der Waals surface area contributed by atoms with Gasteiger partial charge in [-0.2, -0.15) is 26.3 Å². The van der Waals surface area contributed by atoms with Crippen molar-refractivity contribution in [3.8, 4) is 0 Å². The van der Waals surface area contributed by atoms with Crippen LogP contribution in [-0.4, -0.2) is 23.4 Å². The molecule has 29 heavy (non-hydrogen) atoms. The Hall–Kier alpha value is -2.25. The normalized spacial score (nSPS) is 20.6. The molecular formula is C21H21F6NO. The first-order valence-corrected chi connectivity index (χ1v) is 9.51. The summed E-state index contributed by atoms with van der Waals surface area (Å²) in [6.45, 7) is 0.324.